The second kappa shape index (κ2) is 12.9. The Labute approximate surface area is 321 Å². The molecule has 0 unspecified atom stereocenters. The van der Waals surface area contributed by atoms with Gasteiger partial charge in [-0.25, -0.2) is 19.9 Å². The topological polar surface area (TPSA) is 87.2 Å². The minimum Gasteiger partial charge on any atom is -0.309 e. The van der Waals surface area contributed by atoms with Crippen LogP contribution in [0.4, 0.5) is 0 Å². The van der Waals surface area contributed by atoms with Gasteiger partial charge in [0.1, 0.15) is 0 Å². The molecule has 4 heterocycles. The fourth-order valence-corrected chi connectivity index (χ4v) is 7.69. The van der Waals surface area contributed by atoms with E-state index >= 15 is 0 Å². The smallest absolute Gasteiger partial charge is 0.238 e. The van der Waals surface area contributed by atoms with Gasteiger partial charge in [-0.15, -0.1) is 0 Å². The quantitative estimate of drug-likeness (QED) is 0.170. The number of fused-ring (bicyclic) bond motifs is 6. The highest BCUT2D eigenvalue weighted by Crippen LogP contribution is 2.39. The summed E-state index contributed by atoms with van der Waals surface area (Å²) in [6.45, 7) is 0. The van der Waals surface area contributed by atoms with Crippen LogP contribution in [0.25, 0.3) is 101 Å². The highest BCUT2D eigenvalue weighted by molar-refractivity contribution is 6.18. The van der Waals surface area contributed by atoms with Crippen molar-refractivity contribution in [1.29, 1.82) is 0 Å². The summed E-state index contributed by atoms with van der Waals surface area (Å²) in [6, 6.07) is 62.0. The molecule has 0 aliphatic heterocycles. The number of hydrogen-bond donors (Lipinski definition) is 0. The molecule has 0 atom stereocenters. The Hall–Kier alpha value is -7.84. The molecule has 7 aromatic carbocycles. The third-order valence-electron chi connectivity index (χ3n) is 10.2. The van der Waals surface area contributed by atoms with Gasteiger partial charge >= 0.3 is 0 Å². The van der Waals surface area contributed by atoms with Crippen molar-refractivity contribution in [2.45, 2.75) is 0 Å². The zero-order chi connectivity index (χ0) is 37.0. The lowest BCUT2D eigenvalue weighted by molar-refractivity contribution is 0.934. The maximum absolute atomic E-state index is 5.22. The molecule has 0 amide bonds. The van der Waals surface area contributed by atoms with Crippen LogP contribution in [0.5, 0.6) is 0 Å². The number of nitrogens with zero attached hydrogens (tertiary/aromatic N) is 8. The average molecular weight is 719 g/mol. The summed E-state index contributed by atoms with van der Waals surface area (Å²) in [6.07, 6.45) is 0. The fourth-order valence-electron chi connectivity index (χ4n) is 7.69. The van der Waals surface area contributed by atoms with Crippen LogP contribution < -0.4 is 0 Å². The molecule has 0 aliphatic carbocycles. The van der Waals surface area contributed by atoms with Crippen molar-refractivity contribution in [1.82, 2.24) is 39.0 Å². The zero-order valence-electron chi connectivity index (χ0n) is 29.9. The SMILES string of the molecule is c1ccc(-c2nc(-c3ccccc3)nc(-c3nc(-c4ccccc4)nc(-n4c5ccccc5c5cc6c(cc54)c4ccccc4n6-c4ccccc4)n3)n2)cc1. The minimum absolute atomic E-state index is 0.346. The molecule has 0 bridgehead atoms. The van der Waals surface area contributed by atoms with Crippen molar-refractivity contribution in [3.63, 3.8) is 0 Å². The Kier molecular flexibility index (Phi) is 7.31. The molecule has 8 heteroatoms. The number of rotatable bonds is 6. The van der Waals surface area contributed by atoms with E-state index in [0.29, 0.717) is 35.1 Å². The van der Waals surface area contributed by atoms with E-state index in [1.54, 1.807) is 0 Å². The summed E-state index contributed by atoms with van der Waals surface area (Å²) in [5.74, 6) is 2.75. The van der Waals surface area contributed by atoms with Crippen LogP contribution in [0, 0.1) is 0 Å². The van der Waals surface area contributed by atoms with Gasteiger partial charge in [0.25, 0.3) is 0 Å². The molecule has 8 nitrogen and oxygen atoms in total. The molecule has 0 saturated heterocycles. The van der Waals surface area contributed by atoms with E-state index in [1.807, 2.05) is 91.0 Å². The first kappa shape index (κ1) is 31.7. The molecule has 0 fully saturated rings. The Morgan fingerprint density at radius 3 is 1.14 bits per heavy atom. The molecule has 0 spiro atoms. The molecule has 0 N–H and O–H groups in total. The van der Waals surface area contributed by atoms with Crippen molar-refractivity contribution < 1.29 is 0 Å². The largest absolute Gasteiger partial charge is 0.309 e. The lowest BCUT2D eigenvalue weighted by atomic mass is 10.1. The summed E-state index contributed by atoms with van der Waals surface area (Å²) < 4.78 is 4.49. The predicted octanol–water partition coefficient (Wildman–Crippen LogP) is 10.9. The molecule has 11 rings (SSSR count). The van der Waals surface area contributed by atoms with Gasteiger partial charge in [0, 0.05) is 43.9 Å². The lowest BCUT2D eigenvalue weighted by Gasteiger charge is -2.12. The molecular weight excluding hydrogens is 689 g/mol. The molecule has 0 aliphatic rings. The standard InChI is InChI=1S/C48H30N8/c1-5-17-31(18-6-1)43-49-44(32-19-7-2-8-20-32)51-46(50-43)47-52-45(33-21-9-3-10-22-33)53-48(54-47)56-40-28-16-14-26-36(40)38-29-41-37(30-42(38)56)35-25-13-15-27-39(35)55(41)34-23-11-4-12-24-34/h1-30H. The first-order valence-electron chi connectivity index (χ1n) is 18.5. The van der Waals surface area contributed by atoms with E-state index in [9.17, 15) is 0 Å². The second-order valence-corrected chi connectivity index (χ2v) is 13.6. The van der Waals surface area contributed by atoms with Gasteiger partial charge in [-0.05, 0) is 36.4 Å². The molecule has 0 radical (unpaired) electrons. The Balaban J connectivity index is 1.21. The maximum Gasteiger partial charge on any atom is 0.238 e. The van der Waals surface area contributed by atoms with Crippen molar-refractivity contribution in [3.05, 3.63) is 182 Å². The van der Waals surface area contributed by atoms with Gasteiger partial charge < -0.3 is 4.57 Å². The Morgan fingerprint density at radius 1 is 0.268 bits per heavy atom. The van der Waals surface area contributed by atoms with E-state index in [0.717, 1.165) is 60.6 Å². The molecule has 262 valence electrons. The summed E-state index contributed by atoms with van der Waals surface area (Å²) in [5.41, 5.74) is 7.93. The van der Waals surface area contributed by atoms with E-state index in [-0.39, 0.29) is 0 Å². The van der Waals surface area contributed by atoms with Gasteiger partial charge in [0.05, 0.1) is 22.1 Å². The van der Waals surface area contributed by atoms with Crippen molar-refractivity contribution in [3.8, 4) is 57.4 Å². The van der Waals surface area contributed by atoms with Gasteiger partial charge in [-0.3, -0.25) is 4.57 Å². The Morgan fingerprint density at radius 2 is 0.625 bits per heavy atom. The zero-order valence-corrected chi connectivity index (χ0v) is 29.9. The van der Waals surface area contributed by atoms with Crippen LogP contribution in [-0.2, 0) is 0 Å². The van der Waals surface area contributed by atoms with Crippen LogP contribution >= 0.6 is 0 Å². The molecule has 0 saturated carbocycles. The third kappa shape index (κ3) is 5.23. The van der Waals surface area contributed by atoms with E-state index in [2.05, 4.69) is 100 Å². The highest BCUT2D eigenvalue weighted by atomic mass is 15.2. The van der Waals surface area contributed by atoms with Crippen molar-refractivity contribution in [2.75, 3.05) is 0 Å². The summed E-state index contributed by atoms with van der Waals surface area (Å²) >= 11 is 0. The molecule has 4 aromatic heterocycles. The van der Waals surface area contributed by atoms with Gasteiger partial charge in [-0.2, -0.15) is 9.97 Å². The first-order valence-corrected chi connectivity index (χ1v) is 18.5. The summed E-state index contributed by atoms with van der Waals surface area (Å²) in [5, 5.41) is 4.49. The number of para-hydroxylation sites is 3. The van der Waals surface area contributed by atoms with Crippen LogP contribution in [0.15, 0.2) is 182 Å². The van der Waals surface area contributed by atoms with Gasteiger partial charge in [-0.1, -0.05) is 146 Å². The Bertz CT molecular complexity index is 3170. The van der Waals surface area contributed by atoms with Crippen molar-refractivity contribution in [2.24, 2.45) is 0 Å². The van der Waals surface area contributed by atoms with E-state index in [1.165, 1.54) is 5.39 Å². The van der Waals surface area contributed by atoms with Gasteiger partial charge in [0.15, 0.2) is 17.5 Å². The highest BCUT2D eigenvalue weighted by Gasteiger charge is 2.22. The monoisotopic (exact) mass is 718 g/mol. The summed E-state index contributed by atoms with van der Waals surface area (Å²) in [4.78, 5) is 30.4. The van der Waals surface area contributed by atoms with Gasteiger partial charge in [0.2, 0.25) is 17.6 Å². The molecule has 56 heavy (non-hydrogen) atoms. The second-order valence-electron chi connectivity index (χ2n) is 13.6. The van der Waals surface area contributed by atoms with Crippen LogP contribution in [-0.4, -0.2) is 39.0 Å². The lowest BCUT2D eigenvalue weighted by Crippen LogP contribution is -2.09. The third-order valence-corrected chi connectivity index (χ3v) is 10.2. The van der Waals surface area contributed by atoms with Crippen molar-refractivity contribution >= 4 is 43.6 Å². The molecule has 11 aromatic rings. The average Bonchev–Trinajstić information content (AvgIpc) is 3.78. The molecular formula is C48H30N8. The predicted molar refractivity (Wildman–Crippen MR) is 224 cm³/mol. The maximum atomic E-state index is 5.22. The van der Waals surface area contributed by atoms with Crippen LogP contribution in [0.1, 0.15) is 0 Å². The fraction of sp³-hybridized carbons (Fsp3) is 0. The number of hydrogen-bond acceptors (Lipinski definition) is 6. The number of benzene rings is 7. The minimum atomic E-state index is 0.346. The summed E-state index contributed by atoms with van der Waals surface area (Å²) in [7, 11) is 0. The number of aromatic nitrogens is 8. The van der Waals surface area contributed by atoms with E-state index in [4.69, 9.17) is 29.9 Å². The van der Waals surface area contributed by atoms with Crippen LogP contribution in [0.2, 0.25) is 0 Å². The first-order chi connectivity index (χ1) is 27.8. The normalized spacial score (nSPS) is 11.6. The van der Waals surface area contributed by atoms with E-state index < -0.39 is 0 Å². The van der Waals surface area contributed by atoms with Crippen LogP contribution in [0.3, 0.4) is 0 Å².